The smallest absolute Gasteiger partial charge is 0.312 e. The van der Waals surface area contributed by atoms with Gasteiger partial charge in [0.1, 0.15) is 4.90 Å². The van der Waals surface area contributed by atoms with Crippen LogP contribution in [-0.4, -0.2) is 49.4 Å². The molecule has 1 saturated heterocycles. The number of nitrogens with one attached hydrogen (secondary N) is 2. The molecule has 1 aliphatic heterocycles. The molecule has 0 saturated carbocycles. The number of primary amides is 1. The Hall–Kier alpha value is -4.10. The van der Waals surface area contributed by atoms with Gasteiger partial charge in [-0.3, -0.25) is 9.52 Å². The fraction of sp³-hybridized carbons (Fsp3) is 0.136. The molecule has 1 aromatic carbocycles. The largest absolute Gasteiger partial charge is 0.352 e. The van der Waals surface area contributed by atoms with E-state index in [9.17, 15) is 18.0 Å². The highest BCUT2D eigenvalue weighted by Gasteiger charge is 2.32. The van der Waals surface area contributed by atoms with Crippen LogP contribution in [0.2, 0.25) is 0 Å². The molecule has 32 heavy (non-hydrogen) atoms. The molecule has 1 aliphatic carbocycles. The van der Waals surface area contributed by atoms with Crippen LogP contribution < -0.4 is 15.8 Å². The molecule has 0 spiro atoms. The topological polar surface area (TPSA) is 134 Å². The second kappa shape index (κ2) is 8.56. The Balaban J connectivity index is 1.53. The maximum absolute atomic E-state index is 13.0. The van der Waals surface area contributed by atoms with Gasteiger partial charge in [0.25, 0.3) is 15.9 Å². The number of nitrogens with zero attached hydrogens (tertiary/aromatic N) is 2. The summed E-state index contributed by atoms with van der Waals surface area (Å²) in [5, 5.41) is 3.08. The average molecular weight is 449 g/mol. The number of rotatable bonds is 5. The summed E-state index contributed by atoms with van der Waals surface area (Å²) >= 11 is 0. The normalized spacial score (nSPS) is 16.2. The highest BCUT2D eigenvalue weighted by atomic mass is 32.2. The minimum absolute atomic E-state index is 0.0148. The quantitative estimate of drug-likeness (QED) is 0.624. The van der Waals surface area contributed by atoms with E-state index >= 15 is 0 Å². The number of nitrogens with two attached hydrogens (primary N) is 1. The third kappa shape index (κ3) is 4.48. The lowest BCUT2D eigenvalue weighted by atomic mass is 10.1. The first-order chi connectivity index (χ1) is 15.3. The maximum Gasteiger partial charge on any atom is 0.312 e. The number of amides is 3. The maximum atomic E-state index is 13.0. The first-order valence-electron chi connectivity index (χ1n) is 9.65. The second-order valence-corrected chi connectivity index (χ2v) is 8.81. The zero-order valence-electron chi connectivity index (χ0n) is 16.8. The van der Waals surface area contributed by atoms with Crippen LogP contribution in [0.3, 0.4) is 0 Å². The van der Waals surface area contributed by atoms with Gasteiger partial charge < -0.3 is 16.0 Å². The molecule has 3 amide bonds. The van der Waals surface area contributed by atoms with Crippen molar-refractivity contribution in [3.8, 4) is 0 Å². The average Bonchev–Trinajstić information content (AvgIpc) is 2.71. The van der Waals surface area contributed by atoms with Crippen molar-refractivity contribution in [1.29, 1.82) is 0 Å². The van der Waals surface area contributed by atoms with E-state index in [1.54, 1.807) is 47.4 Å². The van der Waals surface area contributed by atoms with Crippen molar-refractivity contribution >= 4 is 32.9 Å². The molecular formula is C22H19N5O4S. The second-order valence-electron chi connectivity index (χ2n) is 7.16. The van der Waals surface area contributed by atoms with Gasteiger partial charge in [-0.25, -0.2) is 18.2 Å². The predicted octanol–water partition coefficient (Wildman–Crippen LogP) is 0.929. The van der Waals surface area contributed by atoms with Crippen LogP contribution in [0.4, 0.5) is 4.79 Å². The van der Waals surface area contributed by atoms with Gasteiger partial charge in [-0.1, -0.05) is 24.3 Å². The fourth-order valence-corrected chi connectivity index (χ4v) is 4.56. The Morgan fingerprint density at radius 3 is 2.72 bits per heavy atom. The molecule has 10 heteroatoms. The monoisotopic (exact) mass is 449 g/mol. The standard InChI is InChI=1S/C22H19N5O4S/c23-22(29)25-18-13-27(14-18)21(28)16-5-1-2-8-17(11-10-16)26-32(30,31)19-9-3-6-15-7-4-12-24-20(15)19/h1-3,5-6,8-12,18,26H,13-14H2,(H3,23,25,29). The SMILES string of the molecule is NC(=O)NC1CN(C(=O)C2=CC=C(NS(=O)(=O)c3cccc4c#ccnc34)C=CC=C2)C1. The van der Waals surface area contributed by atoms with E-state index in [-0.39, 0.29) is 28.1 Å². The van der Waals surface area contributed by atoms with Gasteiger partial charge in [-0.15, -0.1) is 0 Å². The molecular weight excluding hydrogens is 430 g/mol. The molecule has 162 valence electrons. The number of benzene rings is 1. The molecule has 1 aromatic heterocycles. The Morgan fingerprint density at radius 2 is 1.94 bits per heavy atom. The number of fused-ring (bicyclic) bond motifs is 1. The first kappa shape index (κ1) is 21.1. The van der Waals surface area contributed by atoms with Gasteiger partial charge in [0.2, 0.25) is 0 Å². The van der Waals surface area contributed by atoms with Crippen LogP contribution in [0.5, 0.6) is 0 Å². The number of para-hydroxylation sites is 1. The van der Waals surface area contributed by atoms with Crippen molar-refractivity contribution in [2.24, 2.45) is 5.73 Å². The third-order valence-corrected chi connectivity index (χ3v) is 6.29. The molecule has 9 nitrogen and oxygen atoms in total. The number of urea groups is 1. The third-order valence-electron chi connectivity index (χ3n) is 4.87. The molecule has 0 radical (unpaired) electrons. The van der Waals surface area contributed by atoms with Gasteiger partial charge >= 0.3 is 6.03 Å². The van der Waals surface area contributed by atoms with Crippen LogP contribution in [-0.2, 0) is 14.8 Å². The molecule has 2 aromatic rings. The molecule has 0 bridgehead atoms. The number of aromatic nitrogens is 1. The van der Waals surface area contributed by atoms with E-state index in [0.29, 0.717) is 24.0 Å². The van der Waals surface area contributed by atoms with Crippen LogP contribution in [0.15, 0.2) is 77.0 Å². The molecule has 0 unspecified atom stereocenters. The molecule has 1 fully saturated rings. The summed E-state index contributed by atoms with van der Waals surface area (Å²) in [5.74, 6) is -0.234. The zero-order chi connectivity index (χ0) is 22.7. The number of hydrogen-bond acceptors (Lipinski definition) is 5. The lowest BCUT2D eigenvalue weighted by Crippen LogP contribution is -2.61. The van der Waals surface area contributed by atoms with Gasteiger partial charge in [0, 0.05) is 24.4 Å². The molecule has 2 aliphatic rings. The zero-order valence-corrected chi connectivity index (χ0v) is 17.6. The number of sulfonamides is 1. The van der Waals surface area contributed by atoms with E-state index in [2.05, 4.69) is 27.2 Å². The predicted molar refractivity (Wildman–Crippen MR) is 117 cm³/mol. The van der Waals surface area contributed by atoms with Crippen molar-refractivity contribution in [1.82, 2.24) is 19.9 Å². The van der Waals surface area contributed by atoms with Crippen molar-refractivity contribution in [2.75, 3.05) is 13.1 Å². The van der Waals surface area contributed by atoms with Crippen molar-refractivity contribution in [2.45, 2.75) is 10.9 Å². The molecule has 4 rings (SSSR count). The Bertz CT molecular complexity index is 1300. The Kier molecular flexibility index (Phi) is 5.66. The summed E-state index contributed by atoms with van der Waals surface area (Å²) < 4.78 is 28.5. The van der Waals surface area contributed by atoms with Crippen LogP contribution in [0.25, 0.3) is 10.9 Å². The molecule has 4 N–H and O–H groups in total. The van der Waals surface area contributed by atoms with Crippen LogP contribution in [0, 0.1) is 12.1 Å². The van der Waals surface area contributed by atoms with Gasteiger partial charge in [-0.05, 0) is 42.5 Å². The summed E-state index contributed by atoms with van der Waals surface area (Å²) in [5.41, 5.74) is 6.03. The van der Waals surface area contributed by atoms with Crippen LogP contribution in [0.1, 0.15) is 0 Å². The Labute approximate surface area is 185 Å². The molecule has 2 heterocycles. The van der Waals surface area contributed by atoms with Crippen LogP contribution >= 0.6 is 0 Å². The van der Waals surface area contributed by atoms with Gasteiger partial charge in [-0.2, -0.15) is 0 Å². The highest BCUT2D eigenvalue weighted by molar-refractivity contribution is 7.89. The van der Waals surface area contributed by atoms with E-state index < -0.39 is 16.1 Å². The summed E-state index contributed by atoms with van der Waals surface area (Å²) in [6, 6.07) is 9.52. The lowest BCUT2D eigenvalue weighted by Gasteiger charge is -2.39. The number of carbonyl (C=O) groups excluding carboxylic acids is 2. The lowest BCUT2D eigenvalue weighted by molar-refractivity contribution is -0.131. The fourth-order valence-electron chi connectivity index (χ4n) is 3.33. The minimum atomic E-state index is -3.95. The van der Waals surface area contributed by atoms with E-state index in [1.807, 2.05) is 0 Å². The Morgan fingerprint density at radius 1 is 1.16 bits per heavy atom. The summed E-state index contributed by atoms with van der Waals surface area (Å²) in [7, 11) is -3.95. The van der Waals surface area contributed by atoms with Gasteiger partial charge in [0.05, 0.1) is 23.1 Å². The number of carbonyl (C=O) groups is 2. The van der Waals surface area contributed by atoms with Crippen molar-refractivity contribution in [3.05, 3.63) is 84.3 Å². The number of allylic oxidation sites excluding steroid dienone is 5. The minimum Gasteiger partial charge on any atom is -0.352 e. The van der Waals surface area contributed by atoms with Crippen molar-refractivity contribution in [3.63, 3.8) is 0 Å². The highest BCUT2D eigenvalue weighted by Crippen LogP contribution is 2.20. The summed E-state index contributed by atoms with van der Waals surface area (Å²) in [4.78, 5) is 29.3. The van der Waals surface area contributed by atoms with Crippen molar-refractivity contribution < 1.29 is 18.0 Å². The van der Waals surface area contributed by atoms with E-state index in [1.165, 1.54) is 18.3 Å². The van der Waals surface area contributed by atoms with Gasteiger partial charge in [0.15, 0.2) is 0 Å². The summed E-state index contributed by atoms with van der Waals surface area (Å²) in [6.07, 6.45) is 10.9. The van der Waals surface area contributed by atoms with E-state index in [0.717, 1.165) is 0 Å². The number of hydrogen-bond donors (Lipinski definition) is 3. The number of likely N-dealkylation sites (tertiary alicyclic amines) is 1. The van der Waals surface area contributed by atoms with E-state index in [4.69, 9.17) is 5.73 Å². The first-order valence-corrected chi connectivity index (χ1v) is 11.1. The summed E-state index contributed by atoms with van der Waals surface area (Å²) in [6.45, 7) is 0.711. The molecule has 0 atom stereocenters.